The van der Waals surface area contributed by atoms with Crippen molar-refractivity contribution >= 4 is 21.6 Å². The summed E-state index contributed by atoms with van der Waals surface area (Å²) in [6, 6.07) is 2.95. The fourth-order valence-corrected chi connectivity index (χ4v) is 3.17. The zero-order valence-electron chi connectivity index (χ0n) is 10.0. The van der Waals surface area contributed by atoms with Crippen molar-refractivity contribution in [2.24, 2.45) is 0 Å². The molecule has 0 radical (unpaired) electrons. The number of nitrogens with zero attached hydrogens (tertiary/aromatic N) is 2. The van der Waals surface area contributed by atoms with Gasteiger partial charge in [-0.3, -0.25) is 0 Å². The van der Waals surface area contributed by atoms with Crippen molar-refractivity contribution in [3.8, 4) is 0 Å². The van der Waals surface area contributed by atoms with E-state index >= 15 is 0 Å². The number of ether oxygens (including phenoxy) is 1. The topological polar surface area (TPSA) is 59.5 Å². The Labute approximate surface area is 112 Å². The van der Waals surface area contributed by atoms with Gasteiger partial charge in [0, 0.05) is 26.4 Å². The van der Waals surface area contributed by atoms with Crippen LogP contribution >= 0.6 is 11.6 Å². The molecule has 0 saturated heterocycles. The van der Waals surface area contributed by atoms with E-state index in [1.54, 1.807) is 0 Å². The number of aromatic nitrogens is 1. The Bertz CT molecular complexity index is 505. The molecule has 1 rings (SSSR count). The molecule has 0 bridgehead atoms. The molecule has 5 nitrogen and oxygen atoms in total. The second kappa shape index (κ2) is 6.84. The van der Waals surface area contributed by atoms with Gasteiger partial charge in [-0.15, -0.1) is 6.58 Å². The lowest BCUT2D eigenvalue weighted by Gasteiger charge is -2.20. The third kappa shape index (κ3) is 3.52. The monoisotopic (exact) mass is 290 g/mol. The highest BCUT2D eigenvalue weighted by Gasteiger charge is 2.25. The Balaban J connectivity index is 3.08. The highest BCUT2D eigenvalue weighted by atomic mass is 35.5. The number of hydrogen-bond donors (Lipinski definition) is 0. The predicted octanol–water partition coefficient (Wildman–Crippen LogP) is 1.56. The first kappa shape index (κ1) is 15.1. The molecular formula is C11H15ClN2O3S. The summed E-state index contributed by atoms with van der Waals surface area (Å²) in [7, 11) is -2.17. The van der Waals surface area contributed by atoms with Gasteiger partial charge in [-0.25, -0.2) is 13.4 Å². The molecule has 0 unspecified atom stereocenters. The van der Waals surface area contributed by atoms with Crippen molar-refractivity contribution in [2.75, 3.05) is 26.8 Å². The Morgan fingerprint density at radius 1 is 1.61 bits per heavy atom. The summed E-state index contributed by atoms with van der Waals surface area (Å²) in [5.74, 6) is 0. The number of pyridine rings is 1. The predicted molar refractivity (Wildman–Crippen MR) is 70.1 cm³/mol. The van der Waals surface area contributed by atoms with Crippen LogP contribution in [0.2, 0.25) is 5.15 Å². The molecule has 0 aromatic carbocycles. The largest absolute Gasteiger partial charge is 0.383 e. The van der Waals surface area contributed by atoms with Crippen molar-refractivity contribution in [3.63, 3.8) is 0 Å². The normalized spacial score (nSPS) is 11.7. The Hall–Kier alpha value is -0.950. The van der Waals surface area contributed by atoms with Crippen molar-refractivity contribution in [1.29, 1.82) is 0 Å². The van der Waals surface area contributed by atoms with Crippen LogP contribution in [0.25, 0.3) is 0 Å². The van der Waals surface area contributed by atoms with Gasteiger partial charge in [-0.2, -0.15) is 4.31 Å². The van der Waals surface area contributed by atoms with E-state index in [9.17, 15) is 8.42 Å². The average Bonchev–Trinajstić information content (AvgIpc) is 2.34. The zero-order valence-corrected chi connectivity index (χ0v) is 11.6. The van der Waals surface area contributed by atoms with Crippen molar-refractivity contribution in [1.82, 2.24) is 9.29 Å². The van der Waals surface area contributed by atoms with Gasteiger partial charge in [0.2, 0.25) is 10.0 Å². The van der Waals surface area contributed by atoms with Crippen molar-refractivity contribution in [3.05, 3.63) is 36.1 Å². The molecule has 0 spiro atoms. The first-order valence-corrected chi connectivity index (χ1v) is 7.06. The molecule has 18 heavy (non-hydrogen) atoms. The second-order valence-corrected chi connectivity index (χ2v) is 5.70. The molecule has 0 fully saturated rings. The molecule has 0 aliphatic carbocycles. The summed E-state index contributed by atoms with van der Waals surface area (Å²) < 4.78 is 30.8. The number of hydrogen-bond acceptors (Lipinski definition) is 4. The molecule has 0 saturated carbocycles. The Morgan fingerprint density at radius 2 is 2.33 bits per heavy atom. The number of halogens is 1. The molecule has 1 heterocycles. The minimum atomic E-state index is -3.68. The van der Waals surface area contributed by atoms with Gasteiger partial charge in [0.25, 0.3) is 0 Å². The van der Waals surface area contributed by atoms with Crippen LogP contribution in [0.5, 0.6) is 0 Å². The van der Waals surface area contributed by atoms with Crippen molar-refractivity contribution in [2.45, 2.75) is 4.90 Å². The Kier molecular flexibility index (Phi) is 5.74. The molecule has 1 aromatic rings. The maximum Gasteiger partial charge on any atom is 0.246 e. The van der Waals surface area contributed by atoms with E-state index in [-0.39, 0.29) is 23.1 Å². The third-order valence-electron chi connectivity index (χ3n) is 2.22. The molecule has 7 heteroatoms. The van der Waals surface area contributed by atoms with Crippen LogP contribution in [0.4, 0.5) is 0 Å². The van der Waals surface area contributed by atoms with E-state index in [2.05, 4.69) is 11.6 Å². The maximum atomic E-state index is 12.3. The standard InChI is InChI=1S/C11H15ClN2O3S/c1-3-7-14(8-9-17-2)18(15,16)10-5-4-6-13-11(10)12/h3-6H,1,7-9H2,2H3. The van der Waals surface area contributed by atoms with E-state index in [1.807, 2.05) is 0 Å². The van der Waals surface area contributed by atoms with E-state index in [1.165, 1.54) is 35.8 Å². The van der Waals surface area contributed by atoms with Gasteiger partial charge in [-0.1, -0.05) is 17.7 Å². The Morgan fingerprint density at radius 3 is 2.89 bits per heavy atom. The highest BCUT2D eigenvalue weighted by molar-refractivity contribution is 7.89. The van der Waals surface area contributed by atoms with Crippen LogP contribution < -0.4 is 0 Å². The minimum absolute atomic E-state index is 0.00961. The van der Waals surface area contributed by atoms with E-state index in [0.29, 0.717) is 6.61 Å². The van der Waals surface area contributed by atoms with Crippen LogP contribution in [0, 0.1) is 0 Å². The fraction of sp³-hybridized carbons (Fsp3) is 0.364. The van der Waals surface area contributed by atoms with Gasteiger partial charge >= 0.3 is 0 Å². The molecule has 1 aromatic heterocycles. The van der Waals surface area contributed by atoms with Crippen LogP contribution in [0.3, 0.4) is 0 Å². The first-order chi connectivity index (χ1) is 8.54. The van der Waals surface area contributed by atoms with Crippen LogP contribution in [-0.4, -0.2) is 44.5 Å². The lowest BCUT2D eigenvalue weighted by atomic mass is 10.5. The summed E-state index contributed by atoms with van der Waals surface area (Å²) in [4.78, 5) is 3.76. The molecule has 0 N–H and O–H groups in total. The number of rotatable bonds is 7. The second-order valence-electron chi connectivity index (χ2n) is 3.44. The first-order valence-electron chi connectivity index (χ1n) is 5.24. The smallest absolute Gasteiger partial charge is 0.246 e. The van der Waals surface area contributed by atoms with E-state index < -0.39 is 10.0 Å². The molecular weight excluding hydrogens is 276 g/mol. The molecule has 0 aliphatic heterocycles. The molecule has 0 amide bonds. The summed E-state index contributed by atoms with van der Waals surface area (Å²) in [6.45, 7) is 4.26. The summed E-state index contributed by atoms with van der Waals surface area (Å²) >= 11 is 5.81. The van der Waals surface area contributed by atoms with Gasteiger partial charge in [0.05, 0.1) is 6.61 Å². The SMILES string of the molecule is C=CCN(CCOC)S(=O)(=O)c1cccnc1Cl. The third-order valence-corrected chi connectivity index (χ3v) is 4.53. The lowest BCUT2D eigenvalue weighted by Crippen LogP contribution is -2.34. The van der Waals surface area contributed by atoms with Gasteiger partial charge < -0.3 is 4.74 Å². The van der Waals surface area contributed by atoms with Gasteiger partial charge in [0.15, 0.2) is 0 Å². The van der Waals surface area contributed by atoms with Crippen LogP contribution in [0.15, 0.2) is 35.9 Å². The molecule has 100 valence electrons. The lowest BCUT2D eigenvalue weighted by molar-refractivity contribution is 0.182. The molecule has 0 atom stereocenters. The summed E-state index contributed by atoms with van der Waals surface area (Å²) in [6.07, 6.45) is 2.95. The number of methoxy groups -OCH3 is 1. The van der Waals surface area contributed by atoms with Gasteiger partial charge in [-0.05, 0) is 12.1 Å². The zero-order chi connectivity index (χ0) is 13.6. The van der Waals surface area contributed by atoms with Crippen LogP contribution in [0.1, 0.15) is 0 Å². The summed E-state index contributed by atoms with van der Waals surface area (Å²) in [5, 5.41) is -0.0380. The van der Waals surface area contributed by atoms with Gasteiger partial charge in [0.1, 0.15) is 10.0 Å². The fourth-order valence-electron chi connectivity index (χ4n) is 1.35. The van der Waals surface area contributed by atoms with Crippen molar-refractivity contribution < 1.29 is 13.2 Å². The summed E-state index contributed by atoms with van der Waals surface area (Å²) in [5.41, 5.74) is 0. The average molecular weight is 291 g/mol. The quantitative estimate of drug-likeness (QED) is 0.565. The van der Waals surface area contributed by atoms with E-state index in [4.69, 9.17) is 16.3 Å². The maximum absolute atomic E-state index is 12.3. The minimum Gasteiger partial charge on any atom is -0.383 e. The number of sulfonamides is 1. The van der Waals surface area contributed by atoms with E-state index in [0.717, 1.165) is 0 Å². The van der Waals surface area contributed by atoms with Crippen LogP contribution in [-0.2, 0) is 14.8 Å². The highest BCUT2D eigenvalue weighted by Crippen LogP contribution is 2.21. The molecule has 0 aliphatic rings.